The summed E-state index contributed by atoms with van der Waals surface area (Å²) in [6.45, 7) is 4.87. The van der Waals surface area contributed by atoms with Crippen molar-refractivity contribution in [2.45, 2.75) is 26.4 Å². The summed E-state index contributed by atoms with van der Waals surface area (Å²) in [4.78, 5) is 19.3. The summed E-state index contributed by atoms with van der Waals surface area (Å²) in [5.74, 6) is 0.0767. The number of aromatic nitrogens is 2. The molecule has 6 nitrogen and oxygen atoms in total. The third kappa shape index (κ3) is 4.54. The Morgan fingerprint density at radius 2 is 1.86 bits per heavy atom. The van der Waals surface area contributed by atoms with Crippen LogP contribution < -0.4 is 15.8 Å². The summed E-state index contributed by atoms with van der Waals surface area (Å²) in [5, 5.41) is 3.28. The van der Waals surface area contributed by atoms with E-state index >= 15 is 0 Å². The maximum Gasteiger partial charge on any atom is 0.321 e. The number of carbonyl (C=O) groups is 1. The number of ether oxygens (including phenoxy) is 1. The second kappa shape index (κ2) is 6.81. The second-order valence-corrected chi connectivity index (χ2v) is 4.90. The minimum absolute atomic E-state index is 0.259. The van der Waals surface area contributed by atoms with E-state index in [9.17, 15) is 4.79 Å². The van der Waals surface area contributed by atoms with E-state index in [0.717, 1.165) is 5.56 Å². The Morgan fingerprint density at radius 1 is 1.24 bits per heavy atom. The van der Waals surface area contributed by atoms with Crippen LogP contribution in [0.4, 0.5) is 0 Å². The molecular weight excluding hydrogens is 268 g/mol. The van der Waals surface area contributed by atoms with E-state index in [1.165, 1.54) is 0 Å². The molecule has 1 heterocycles. The van der Waals surface area contributed by atoms with Gasteiger partial charge in [0.25, 0.3) is 0 Å². The highest BCUT2D eigenvalue weighted by Gasteiger charge is 2.04. The van der Waals surface area contributed by atoms with E-state index in [2.05, 4.69) is 29.1 Å². The molecule has 0 aliphatic heterocycles. The van der Waals surface area contributed by atoms with Crippen LogP contribution in [0.15, 0.2) is 36.7 Å². The Hall–Kier alpha value is -2.47. The molecule has 0 bridgehead atoms. The molecular formula is C15H18N4O2. The first-order valence-corrected chi connectivity index (χ1v) is 6.66. The highest BCUT2D eigenvalue weighted by molar-refractivity contribution is 5.92. The zero-order valence-corrected chi connectivity index (χ0v) is 12.0. The van der Waals surface area contributed by atoms with Gasteiger partial charge in [0.2, 0.25) is 5.91 Å². The smallest absolute Gasteiger partial charge is 0.321 e. The van der Waals surface area contributed by atoms with Gasteiger partial charge in [0.15, 0.2) is 0 Å². The van der Waals surface area contributed by atoms with Crippen LogP contribution in [0, 0.1) is 0 Å². The Labute approximate surface area is 123 Å². The van der Waals surface area contributed by atoms with Crippen LogP contribution in [0.1, 0.15) is 29.8 Å². The zero-order valence-electron chi connectivity index (χ0n) is 12.0. The summed E-state index contributed by atoms with van der Waals surface area (Å²) in [7, 11) is 0. The van der Waals surface area contributed by atoms with Crippen molar-refractivity contribution in [2.75, 3.05) is 0 Å². The van der Waals surface area contributed by atoms with E-state index < -0.39 is 5.91 Å². The summed E-state index contributed by atoms with van der Waals surface area (Å²) in [6, 6.07) is 7.16. The fourth-order valence-corrected chi connectivity index (χ4v) is 1.60. The van der Waals surface area contributed by atoms with Gasteiger partial charge in [-0.15, -0.1) is 0 Å². The third-order valence-corrected chi connectivity index (χ3v) is 2.74. The van der Waals surface area contributed by atoms with Crippen LogP contribution >= 0.6 is 0 Å². The first-order chi connectivity index (χ1) is 10.0. The number of nitrogens with two attached hydrogens (primary N) is 1. The molecule has 110 valence electrons. The molecule has 1 amide bonds. The fourth-order valence-electron chi connectivity index (χ4n) is 1.60. The number of hydrogen-bond donors (Lipinski definition) is 2. The van der Waals surface area contributed by atoms with Gasteiger partial charge >= 0.3 is 6.01 Å². The molecule has 0 unspecified atom stereocenters. The minimum Gasteiger partial charge on any atom is -0.424 e. The van der Waals surface area contributed by atoms with Gasteiger partial charge in [0.1, 0.15) is 5.75 Å². The molecule has 0 spiro atoms. The monoisotopic (exact) mass is 286 g/mol. The van der Waals surface area contributed by atoms with E-state index in [0.29, 0.717) is 23.9 Å². The van der Waals surface area contributed by atoms with Gasteiger partial charge in [0.05, 0.1) is 0 Å². The molecule has 3 N–H and O–H groups in total. The standard InChI is InChI=1S/C15H18N4O2/c1-10(2)17-7-11-8-18-15(19-9-11)21-13-5-3-12(4-6-13)14(16)20/h3-6,8-10,17H,7H2,1-2H3,(H2,16,20). The number of hydrogen-bond acceptors (Lipinski definition) is 5. The van der Waals surface area contributed by atoms with Gasteiger partial charge in [0, 0.05) is 36.1 Å². The summed E-state index contributed by atoms with van der Waals surface area (Å²) in [6.07, 6.45) is 3.44. The number of benzene rings is 1. The Kier molecular flexibility index (Phi) is 4.84. The highest BCUT2D eigenvalue weighted by atomic mass is 16.5. The maximum atomic E-state index is 11.0. The summed E-state index contributed by atoms with van der Waals surface area (Å²) >= 11 is 0. The molecule has 0 fully saturated rings. The quantitative estimate of drug-likeness (QED) is 0.846. The highest BCUT2D eigenvalue weighted by Crippen LogP contribution is 2.17. The van der Waals surface area contributed by atoms with Crippen molar-refractivity contribution in [2.24, 2.45) is 5.73 Å². The van der Waals surface area contributed by atoms with Crippen molar-refractivity contribution in [3.63, 3.8) is 0 Å². The normalized spacial score (nSPS) is 10.6. The molecule has 0 radical (unpaired) electrons. The third-order valence-electron chi connectivity index (χ3n) is 2.74. The van der Waals surface area contributed by atoms with Crippen LogP contribution in [-0.2, 0) is 6.54 Å². The largest absolute Gasteiger partial charge is 0.424 e. The van der Waals surface area contributed by atoms with Gasteiger partial charge in [-0.2, -0.15) is 0 Å². The topological polar surface area (TPSA) is 90.1 Å². The predicted molar refractivity (Wildman–Crippen MR) is 79.0 cm³/mol. The minimum atomic E-state index is -0.472. The lowest BCUT2D eigenvalue weighted by Crippen LogP contribution is -2.21. The first-order valence-electron chi connectivity index (χ1n) is 6.66. The van der Waals surface area contributed by atoms with E-state index in [1.54, 1.807) is 36.7 Å². The van der Waals surface area contributed by atoms with Crippen LogP contribution in [0.3, 0.4) is 0 Å². The molecule has 2 rings (SSSR count). The van der Waals surface area contributed by atoms with Crippen molar-refractivity contribution >= 4 is 5.91 Å². The molecule has 0 aliphatic carbocycles. The van der Waals surface area contributed by atoms with Crippen LogP contribution in [0.5, 0.6) is 11.8 Å². The van der Waals surface area contributed by atoms with E-state index in [4.69, 9.17) is 10.5 Å². The molecule has 0 saturated heterocycles. The zero-order chi connectivity index (χ0) is 15.2. The molecule has 0 saturated carbocycles. The number of nitrogens with zero attached hydrogens (tertiary/aromatic N) is 2. The van der Waals surface area contributed by atoms with Crippen molar-refractivity contribution in [1.29, 1.82) is 0 Å². The van der Waals surface area contributed by atoms with Crippen molar-refractivity contribution in [3.8, 4) is 11.8 Å². The van der Waals surface area contributed by atoms with Gasteiger partial charge in [-0.05, 0) is 24.3 Å². The number of rotatable bonds is 6. The molecule has 6 heteroatoms. The first kappa shape index (κ1) is 14.9. The molecule has 0 aliphatic rings. The lowest BCUT2D eigenvalue weighted by atomic mass is 10.2. The summed E-state index contributed by atoms with van der Waals surface area (Å²) < 4.78 is 5.50. The molecule has 1 aromatic carbocycles. The predicted octanol–water partition coefficient (Wildman–Crippen LogP) is 1.87. The SMILES string of the molecule is CC(C)NCc1cnc(Oc2ccc(C(N)=O)cc2)nc1. The Bertz CT molecular complexity index is 594. The number of amides is 1. The van der Waals surface area contributed by atoms with Gasteiger partial charge in [-0.3, -0.25) is 4.79 Å². The van der Waals surface area contributed by atoms with Crippen LogP contribution in [0.25, 0.3) is 0 Å². The average Bonchev–Trinajstić information content (AvgIpc) is 2.47. The Morgan fingerprint density at radius 3 is 2.38 bits per heavy atom. The van der Waals surface area contributed by atoms with Crippen LogP contribution in [-0.4, -0.2) is 21.9 Å². The molecule has 2 aromatic rings. The van der Waals surface area contributed by atoms with Crippen LogP contribution in [0.2, 0.25) is 0 Å². The number of nitrogens with one attached hydrogen (secondary N) is 1. The molecule has 0 atom stereocenters. The summed E-state index contributed by atoms with van der Waals surface area (Å²) in [5.41, 5.74) is 6.59. The van der Waals surface area contributed by atoms with E-state index in [-0.39, 0.29) is 6.01 Å². The lowest BCUT2D eigenvalue weighted by molar-refractivity contribution is 0.100. The van der Waals surface area contributed by atoms with Gasteiger partial charge in [-0.1, -0.05) is 13.8 Å². The fraction of sp³-hybridized carbons (Fsp3) is 0.267. The molecule has 21 heavy (non-hydrogen) atoms. The maximum absolute atomic E-state index is 11.0. The van der Waals surface area contributed by atoms with Gasteiger partial charge in [-0.25, -0.2) is 9.97 Å². The van der Waals surface area contributed by atoms with Crippen molar-refractivity contribution in [1.82, 2.24) is 15.3 Å². The number of primary amides is 1. The van der Waals surface area contributed by atoms with E-state index in [1.807, 2.05) is 0 Å². The average molecular weight is 286 g/mol. The Balaban J connectivity index is 1.98. The van der Waals surface area contributed by atoms with Gasteiger partial charge < -0.3 is 15.8 Å². The van der Waals surface area contributed by atoms with Crippen molar-refractivity contribution < 1.29 is 9.53 Å². The van der Waals surface area contributed by atoms with Crippen molar-refractivity contribution in [3.05, 3.63) is 47.8 Å². The molecule has 1 aromatic heterocycles. The second-order valence-electron chi connectivity index (χ2n) is 4.90. The lowest BCUT2D eigenvalue weighted by Gasteiger charge is -2.08. The number of carbonyl (C=O) groups excluding carboxylic acids is 1.